The fourth-order valence-corrected chi connectivity index (χ4v) is 4.05. The van der Waals surface area contributed by atoms with Gasteiger partial charge in [0, 0.05) is 39.0 Å². The molecule has 4 rings (SSSR count). The molecule has 0 aliphatic carbocycles. The molecule has 1 fully saturated rings. The lowest BCUT2D eigenvalue weighted by molar-refractivity contribution is -0.128. The summed E-state index contributed by atoms with van der Waals surface area (Å²) in [5, 5.41) is 3.54. The van der Waals surface area contributed by atoms with Crippen LogP contribution in [0.4, 0.5) is 0 Å². The number of rotatable bonds is 6. The lowest BCUT2D eigenvalue weighted by Crippen LogP contribution is -2.24. The van der Waals surface area contributed by atoms with Crippen LogP contribution in [0.2, 0.25) is 0 Å². The van der Waals surface area contributed by atoms with E-state index in [1.807, 2.05) is 4.90 Å². The van der Waals surface area contributed by atoms with Gasteiger partial charge in [-0.05, 0) is 48.6 Å². The summed E-state index contributed by atoms with van der Waals surface area (Å²) in [4.78, 5) is 13.8. The van der Waals surface area contributed by atoms with Gasteiger partial charge in [0.05, 0.1) is 0 Å². The van der Waals surface area contributed by atoms with E-state index in [0.717, 1.165) is 44.8 Å². The predicted octanol–water partition coefficient (Wildman–Crippen LogP) is 3.81. The number of likely N-dealkylation sites (tertiary alicyclic amines) is 1. The molecule has 4 heteroatoms. The molecule has 2 aromatic carbocycles. The van der Waals surface area contributed by atoms with Crippen LogP contribution in [0.5, 0.6) is 5.75 Å². The first-order chi connectivity index (χ1) is 13.0. The standard InChI is InChI=1S/C23H28N2O2/c1-23(2)13-20-12-18(8-9-21(20)27-23)15-24-14-17-5-3-6-19(11-17)16-25-10-4-7-22(25)26/h3,5-6,8-9,11-12,24H,4,7,10,13-16H2,1-2H3. The van der Waals surface area contributed by atoms with E-state index >= 15 is 0 Å². The van der Waals surface area contributed by atoms with E-state index in [1.54, 1.807) is 0 Å². The summed E-state index contributed by atoms with van der Waals surface area (Å²) < 4.78 is 5.95. The fraction of sp³-hybridized carbons (Fsp3) is 0.435. The summed E-state index contributed by atoms with van der Waals surface area (Å²) in [6, 6.07) is 15.0. The Labute approximate surface area is 161 Å². The van der Waals surface area contributed by atoms with Crippen LogP contribution in [0.3, 0.4) is 0 Å². The second kappa shape index (κ2) is 7.35. The second-order valence-electron chi connectivity index (χ2n) is 8.32. The number of nitrogens with one attached hydrogen (secondary N) is 1. The van der Waals surface area contributed by atoms with Crippen LogP contribution in [0.25, 0.3) is 0 Å². The zero-order chi connectivity index (χ0) is 18.9. The first kappa shape index (κ1) is 18.1. The van der Waals surface area contributed by atoms with Crippen molar-refractivity contribution in [1.82, 2.24) is 10.2 Å². The van der Waals surface area contributed by atoms with Gasteiger partial charge in [0.25, 0.3) is 0 Å². The van der Waals surface area contributed by atoms with Gasteiger partial charge in [-0.1, -0.05) is 36.4 Å². The van der Waals surface area contributed by atoms with Gasteiger partial charge < -0.3 is 15.0 Å². The molecule has 142 valence electrons. The van der Waals surface area contributed by atoms with Gasteiger partial charge >= 0.3 is 0 Å². The number of hydrogen-bond acceptors (Lipinski definition) is 3. The van der Waals surface area contributed by atoms with E-state index in [0.29, 0.717) is 6.42 Å². The van der Waals surface area contributed by atoms with E-state index in [9.17, 15) is 4.79 Å². The van der Waals surface area contributed by atoms with E-state index in [4.69, 9.17) is 4.74 Å². The van der Waals surface area contributed by atoms with E-state index < -0.39 is 0 Å². The first-order valence-corrected chi connectivity index (χ1v) is 9.86. The Morgan fingerprint density at radius 1 is 1.07 bits per heavy atom. The molecule has 4 nitrogen and oxygen atoms in total. The summed E-state index contributed by atoms with van der Waals surface area (Å²) in [6.07, 6.45) is 2.65. The highest BCUT2D eigenvalue weighted by Gasteiger charge is 2.29. The minimum Gasteiger partial charge on any atom is -0.487 e. The zero-order valence-corrected chi connectivity index (χ0v) is 16.3. The molecular weight excluding hydrogens is 336 g/mol. The van der Waals surface area contributed by atoms with Gasteiger partial charge in [-0.2, -0.15) is 0 Å². The van der Waals surface area contributed by atoms with Crippen molar-refractivity contribution in [3.8, 4) is 5.75 Å². The molecule has 0 aromatic heterocycles. The molecule has 1 N–H and O–H groups in total. The summed E-state index contributed by atoms with van der Waals surface area (Å²) in [5.41, 5.74) is 4.96. The lowest BCUT2D eigenvalue weighted by Gasteiger charge is -2.16. The van der Waals surface area contributed by atoms with Crippen molar-refractivity contribution in [1.29, 1.82) is 0 Å². The van der Waals surface area contributed by atoms with Gasteiger partial charge in [-0.25, -0.2) is 0 Å². The summed E-state index contributed by atoms with van der Waals surface area (Å²) in [5.74, 6) is 1.30. The third kappa shape index (κ3) is 4.33. The van der Waals surface area contributed by atoms with Gasteiger partial charge in [0.15, 0.2) is 0 Å². The molecule has 1 amide bonds. The number of amides is 1. The van der Waals surface area contributed by atoms with Gasteiger partial charge in [-0.3, -0.25) is 4.79 Å². The van der Waals surface area contributed by atoms with Crippen molar-refractivity contribution in [3.05, 3.63) is 64.7 Å². The Bertz CT molecular complexity index is 844. The maximum Gasteiger partial charge on any atom is 0.222 e. The largest absolute Gasteiger partial charge is 0.487 e. The van der Waals surface area contributed by atoms with E-state index in [-0.39, 0.29) is 11.5 Å². The average molecular weight is 364 g/mol. The smallest absolute Gasteiger partial charge is 0.222 e. The number of benzene rings is 2. The Balaban J connectivity index is 1.32. The van der Waals surface area contributed by atoms with Crippen molar-refractivity contribution in [2.75, 3.05) is 6.54 Å². The molecule has 0 saturated carbocycles. The molecule has 27 heavy (non-hydrogen) atoms. The topological polar surface area (TPSA) is 41.6 Å². The Morgan fingerprint density at radius 2 is 1.85 bits per heavy atom. The molecule has 0 radical (unpaired) electrons. The van der Waals surface area contributed by atoms with Crippen LogP contribution in [-0.2, 0) is 30.8 Å². The predicted molar refractivity (Wildman–Crippen MR) is 106 cm³/mol. The Hall–Kier alpha value is -2.33. The minimum absolute atomic E-state index is 0.0917. The quantitative estimate of drug-likeness (QED) is 0.847. The molecular formula is C23H28N2O2. The molecule has 2 aromatic rings. The zero-order valence-electron chi connectivity index (χ0n) is 16.3. The third-order valence-electron chi connectivity index (χ3n) is 5.32. The molecule has 0 unspecified atom stereocenters. The molecule has 0 spiro atoms. The third-order valence-corrected chi connectivity index (χ3v) is 5.32. The van der Waals surface area contributed by atoms with Crippen molar-refractivity contribution >= 4 is 5.91 Å². The number of ether oxygens (including phenoxy) is 1. The van der Waals surface area contributed by atoms with Gasteiger partial charge in [0.1, 0.15) is 11.4 Å². The highest BCUT2D eigenvalue weighted by Crippen LogP contribution is 2.35. The highest BCUT2D eigenvalue weighted by atomic mass is 16.5. The molecule has 2 aliphatic heterocycles. The van der Waals surface area contributed by atoms with Crippen molar-refractivity contribution in [2.24, 2.45) is 0 Å². The van der Waals surface area contributed by atoms with Crippen molar-refractivity contribution < 1.29 is 9.53 Å². The van der Waals surface area contributed by atoms with Crippen LogP contribution < -0.4 is 10.1 Å². The number of carbonyl (C=O) groups is 1. The Kier molecular flexibility index (Phi) is 4.92. The van der Waals surface area contributed by atoms with Crippen LogP contribution >= 0.6 is 0 Å². The van der Waals surface area contributed by atoms with Gasteiger partial charge in [-0.15, -0.1) is 0 Å². The Morgan fingerprint density at radius 3 is 2.63 bits per heavy atom. The number of carbonyl (C=O) groups excluding carboxylic acids is 1. The number of fused-ring (bicyclic) bond motifs is 1. The van der Waals surface area contributed by atoms with Crippen LogP contribution in [0, 0.1) is 0 Å². The lowest BCUT2D eigenvalue weighted by atomic mass is 10.0. The van der Waals surface area contributed by atoms with Crippen LogP contribution in [-0.4, -0.2) is 23.0 Å². The molecule has 2 heterocycles. The average Bonchev–Trinajstić information content (AvgIpc) is 3.16. The maximum atomic E-state index is 11.8. The summed E-state index contributed by atoms with van der Waals surface area (Å²) in [6.45, 7) is 7.54. The fourth-order valence-electron chi connectivity index (χ4n) is 4.05. The van der Waals surface area contributed by atoms with Crippen molar-refractivity contribution in [2.45, 2.75) is 58.3 Å². The summed E-state index contributed by atoms with van der Waals surface area (Å²) in [7, 11) is 0. The first-order valence-electron chi connectivity index (χ1n) is 9.86. The van der Waals surface area contributed by atoms with Crippen LogP contribution in [0.15, 0.2) is 42.5 Å². The second-order valence-corrected chi connectivity index (χ2v) is 8.32. The summed E-state index contributed by atoms with van der Waals surface area (Å²) >= 11 is 0. The number of nitrogens with zero attached hydrogens (tertiary/aromatic N) is 1. The SMILES string of the molecule is CC1(C)Cc2cc(CNCc3cccc(CN4CCCC4=O)c3)ccc2O1. The molecule has 0 atom stereocenters. The van der Waals surface area contributed by atoms with Crippen molar-refractivity contribution in [3.63, 3.8) is 0 Å². The normalized spacial score (nSPS) is 17.9. The maximum absolute atomic E-state index is 11.8. The minimum atomic E-state index is -0.0917. The number of hydrogen-bond donors (Lipinski definition) is 1. The molecule has 2 aliphatic rings. The molecule has 1 saturated heterocycles. The van der Waals surface area contributed by atoms with E-state index in [1.165, 1.54) is 22.3 Å². The molecule has 0 bridgehead atoms. The van der Waals surface area contributed by atoms with Crippen LogP contribution in [0.1, 0.15) is 48.9 Å². The monoisotopic (exact) mass is 364 g/mol. The van der Waals surface area contributed by atoms with Gasteiger partial charge in [0.2, 0.25) is 5.91 Å². The van der Waals surface area contributed by atoms with E-state index in [2.05, 4.69) is 61.6 Å². The highest BCUT2D eigenvalue weighted by molar-refractivity contribution is 5.78.